The highest BCUT2D eigenvalue weighted by molar-refractivity contribution is 5.96. The number of hydrogen-bond donors (Lipinski definition) is 2. The van der Waals surface area contributed by atoms with Crippen molar-refractivity contribution in [3.63, 3.8) is 0 Å². The summed E-state index contributed by atoms with van der Waals surface area (Å²) in [4.78, 5) is 12.1. The average molecular weight is 273 g/mol. The van der Waals surface area contributed by atoms with Gasteiger partial charge in [0.1, 0.15) is 0 Å². The zero-order valence-electron chi connectivity index (χ0n) is 11.7. The van der Waals surface area contributed by atoms with Gasteiger partial charge in [0.25, 0.3) is 0 Å². The predicted octanol–water partition coefficient (Wildman–Crippen LogP) is 1.58. The number of nitrogens with two attached hydrogens (primary N) is 1. The normalized spacial score (nSPS) is 12.4. The number of amides is 1. The first-order valence-corrected chi connectivity index (χ1v) is 6.60. The number of aromatic nitrogens is 3. The molecule has 0 radical (unpaired) electrons. The molecule has 2 aromatic rings. The molecule has 1 aromatic carbocycles. The quantitative estimate of drug-likeness (QED) is 0.866. The van der Waals surface area contributed by atoms with E-state index < -0.39 is 6.04 Å². The lowest BCUT2D eigenvalue weighted by Crippen LogP contribution is -2.36. The minimum absolute atomic E-state index is 0.189. The van der Waals surface area contributed by atoms with Crippen LogP contribution in [0.2, 0.25) is 0 Å². The summed E-state index contributed by atoms with van der Waals surface area (Å²) < 4.78 is 1.60. The molecule has 1 heterocycles. The molecule has 6 heteroatoms. The number of anilines is 1. The van der Waals surface area contributed by atoms with Crippen LogP contribution in [0, 0.1) is 5.92 Å². The van der Waals surface area contributed by atoms with E-state index in [1.54, 1.807) is 17.1 Å². The van der Waals surface area contributed by atoms with Crippen LogP contribution in [0.15, 0.2) is 36.7 Å². The fourth-order valence-corrected chi connectivity index (χ4v) is 1.96. The highest BCUT2D eigenvalue weighted by Gasteiger charge is 2.16. The van der Waals surface area contributed by atoms with Crippen LogP contribution in [0.4, 0.5) is 5.69 Å². The van der Waals surface area contributed by atoms with E-state index in [-0.39, 0.29) is 5.91 Å². The van der Waals surface area contributed by atoms with E-state index in [1.165, 1.54) is 0 Å². The van der Waals surface area contributed by atoms with Crippen LogP contribution < -0.4 is 11.1 Å². The Morgan fingerprint density at radius 1 is 1.40 bits per heavy atom. The van der Waals surface area contributed by atoms with Crippen LogP contribution in [-0.2, 0) is 4.79 Å². The third-order valence-electron chi connectivity index (χ3n) is 2.89. The Kier molecular flexibility index (Phi) is 4.47. The maximum Gasteiger partial charge on any atom is 0.241 e. The summed E-state index contributed by atoms with van der Waals surface area (Å²) in [5.41, 5.74) is 7.32. The summed E-state index contributed by atoms with van der Waals surface area (Å²) in [6, 6.07) is 6.89. The van der Waals surface area contributed by atoms with Gasteiger partial charge < -0.3 is 11.1 Å². The summed E-state index contributed by atoms with van der Waals surface area (Å²) >= 11 is 0. The van der Waals surface area contributed by atoms with E-state index in [9.17, 15) is 4.79 Å². The van der Waals surface area contributed by atoms with Crippen LogP contribution in [0.5, 0.6) is 0 Å². The van der Waals surface area contributed by atoms with Crippen LogP contribution in [0.25, 0.3) is 5.69 Å². The van der Waals surface area contributed by atoms with Crippen LogP contribution >= 0.6 is 0 Å². The highest BCUT2D eigenvalue weighted by Crippen LogP contribution is 2.19. The maximum absolute atomic E-state index is 12.1. The molecule has 0 spiro atoms. The second-order valence-corrected chi connectivity index (χ2v) is 5.09. The molecule has 0 saturated heterocycles. The van der Waals surface area contributed by atoms with Crippen molar-refractivity contribution in [1.82, 2.24) is 15.0 Å². The number of nitrogens with zero attached hydrogens (tertiary/aromatic N) is 3. The lowest BCUT2D eigenvalue weighted by Gasteiger charge is -2.16. The Morgan fingerprint density at radius 2 is 2.15 bits per heavy atom. The van der Waals surface area contributed by atoms with Crippen molar-refractivity contribution in [2.24, 2.45) is 11.7 Å². The molecule has 3 N–H and O–H groups in total. The molecule has 0 aliphatic carbocycles. The molecule has 0 saturated carbocycles. The van der Waals surface area contributed by atoms with Gasteiger partial charge in [0.15, 0.2) is 0 Å². The standard InChI is InChI=1S/C14H19N5O/c1-10(2)9-11(15)14(20)17-12-5-3-4-6-13(12)19-8-7-16-18-19/h3-8,10-11H,9,15H2,1-2H3,(H,17,20)/t11-/m0/s1. The third kappa shape index (κ3) is 3.42. The molecule has 1 amide bonds. The fourth-order valence-electron chi connectivity index (χ4n) is 1.96. The van der Waals surface area contributed by atoms with Gasteiger partial charge in [0, 0.05) is 0 Å². The number of para-hydroxylation sites is 2. The van der Waals surface area contributed by atoms with Gasteiger partial charge in [0.2, 0.25) is 5.91 Å². The Morgan fingerprint density at radius 3 is 2.80 bits per heavy atom. The summed E-state index contributed by atoms with van der Waals surface area (Å²) in [6.45, 7) is 4.08. The van der Waals surface area contributed by atoms with Gasteiger partial charge in [0.05, 0.1) is 29.8 Å². The van der Waals surface area contributed by atoms with E-state index in [0.717, 1.165) is 5.69 Å². The van der Waals surface area contributed by atoms with E-state index in [1.807, 2.05) is 38.1 Å². The summed E-state index contributed by atoms with van der Waals surface area (Å²) in [5.74, 6) is 0.188. The monoisotopic (exact) mass is 273 g/mol. The Bertz CT molecular complexity index is 565. The molecule has 0 aliphatic heterocycles. The lowest BCUT2D eigenvalue weighted by atomic mass is 10.0. The molecule has 0 aliphatic rings. The minimum Gasteiger partial charge on any atom is -0.323 e. The summed E-state index contributed by atoms with van der Waals surface area (Å²) in [7, 11) is 0. The second-order valence-electron chi connectivity index (χ2n) is 5.09. The Labute approximate surface area is 118 Å². The van der Waals surface area contributed by atoms with E-state index in [0.29, 0.717) is 18.0 Å². The van der Waals surface area contributed by atoms with Crippen molar-refractivity contribution >= 4 is 11.6 Å². The van der Waals surface area contributed by atoms with Crippen LogP contribution in [0.1, 0.15) is 20.3 Å². The SMILES string of the molecule is CC(C)C[C@H](N)C(=O)Nc1ccccc1-n1ccnn1. The number of rotatable bonds is 5. The van der Waals surface area contributed by atoms with Crippen molar-refractivity contribution in [3.05, 3.63) is 36.7 Å². The van der Waals surface area contributed by atoms with Crippen LogP contribution in [0.3, 0.4) is 0 Å². The first-order chi connectivity index (χ1) is 9.58. The van der Waals surface area contributed by atoms with Crippen molar-refractivity contribution in [2.45, 2.75) is 26.3 Å². The molecular weight excluding hydrogens is 254 g/mol. The Hall–Kier alpha value is -2.21. The fraction of sp³-hybridized carbons (Fsp3) is 0.357. The zero-order valence-corrected chi connectivity index (χ0v) is 11.7. The highest BCUT2D eigenvalue weighted by atomic mass is 16.2. The van der Waals surface area contributed by atoms with Crippen molar-refractivity contribution in [2.75, 3.05) is 5.32 Å². The maximum atomic E-state index is 12.1. The second kappa shape index (κ2) is 6.29. The number of hydrogen-bond acceptors (Lipinski definition) is 4. The average Bonchev–Trinajstić information content (AvgIpc) is 2.92. The largest absolute Gasteiger partial charge is 0.323 e. The van der Waals surface area contributed by atoms with Gasteiger partial charge in [-0.15, -0.1) is 5.10 Å². The number of carbonyl (C=O) groups excluding carboxylic acids is 1. The molecule has 0 unspecified atom stereocenters. The van der Waals surface area contributed by atoms with Crippen molar-refractivity contribution < 1.29 is 4.79 Å². The van der Waals surface area contributed by atoms with Gasteiger partial charge in [-0.1, -0.05) is 31.2 Å². The third-order valence-corrected chi connectivity index (χ3v) is 2.89. The number of carbonyl (C=O) groups is 1. The number of benzene rings is 1. The van der Waals surface area contributed by atoms with Gasteiger partial charge in [-0.3, -0.25) is 4.79 Å². The van der Waals surface area contributed by atoms with Gasteiger partial charge in [-0.25, -0.2) is 4.68 Å². The van der Waals surface area contributed by atoms with Gasteiger partial charge in [-0.2, -0.15) is 0 Å². The predicted molar refractivity (Wildman–Crippen MR) is 77.4 cm³/mol. The molecular formula is C14H19N5O. The van der Waals surface area contributed by atoms with Crippen LogP contribution in [-0.4, -0.2) is 26.9 Å². The van der Waals surface area contributed by atoms with Crippen molar-refractivity contribution in [3.8, 4) is 5.69 Å². The van der Waals surface area contributed by atoms with Gasteiger partial charge in [-0.05, 0) is 24.5 Å². The minimum atomic E-state index is -0.515. The first-order valence-electron chi connectivity index (χ1n) is 6.60. The smallest absolute Gasteiger partial charge is 0.241 e. The van der Waals surface area contributed by atoms with Gasteiger partial charge >= 0.3 is 0 Å². The first kappa shape index (κ1) is 14.2. The molecule has 2 rings (SSSR count). The molecule has 6 nitrogen and oxygen atoms in total. The Balaban J connectivity index is 2.16. The molecule has 1 aromatic heterocycles. The molecule has 20 heavy (non-hydrogen) atoms. The van der Waals surface area contributed by atoms with Crippen molar-refractivity contribution in [1.29, 1.82) is 0 Å². The van der Waals surface area contributed by atoms with E-state index in [4.69, 9.17) is 5.73 Å². The molecule has 1 atom stereocenters. The topological polar surface area (TPSA) is 85.8 Å². The molecule has 0 bridgehead atoms. The molecule has 106 valence electrons. The molecule has 0 fully saturated rings. The van der Waals surface area contributed by atoms with E-state index >= 15 is 0 Å². The van der Waals surface area contributed by atoms with E-state index in [2.05, 4.69) is 15.6 Å². The lowest BCUT2D eigenvalue weighted by molar-refractivity contribution is -0.117. The zero-order chi connectivity index (χ0) is 14.5. The number of nitrogens with one attached hydrogen (secondary N) is 1. The summed E-state index contributed by atoms with van der Waals surface area (Å²) in [6.07, 6.45) is 3.96. The summed E-state index contributed by atoms with van der Waals surface area (Å²) in [5, 5.41) is 10.6.